The van der Waals surface area contributed by atoms with Crippen molar-refractivity contribution in [2.75, 3.05) is 23.0 Å². The molecule has 5 N–H and O–H groups in total. The number of aromatic nitrogens is 2. The first-order valence-electron chi connectivity index (χ1n) is 6.04. The zero-order valence-electron chi connectivity index (χ0n) is 9.82. The number of fused-ring (bicyclic) bond motifs is 3. The largest absolute Gasteiger partial charge is 0.397 e. The van der Waals surface area contributed by atoms with Gasteiger partial charge in [0.2, 0.25) is 0 Å². The van der Waals surface area contributed by atoms with Crippen LogP contribution in [-0.2, 0) is 10.5 Å². The van der Waals surface area contributed by atoms with Gasteiger partial charge in [-0.15, -0.1) is 23.5 Å². The van der Waals surface area contributed by atoms with Gasteiger partial charge < -0.3 is 16.5 Å². The van der Waals surface area contributed by atoms with E-state index in [0.29, 0.717) is 5.95 Å². The van der Waals surface area contributed by atoms with Gasteiger partial charge in [0, 0.05) is 11.5 Å². The molecule has 0 bridgehead atoms. The van der Waals surface area contributed by atoms with Crippen LogP contribution in [0.1, 0.15) is 17.5 Å². The summed E-state index contributed by atoms with van der Waals surface area (Å²) >= 11 is 4.12. The van der Waals surface area contributed by atoms with Gasteiger partial charge in [-0.05, 0) is 30.0 Å². The highest BCUT2D eigenvalue weighted by atomic mass is 32.2. The molecule has 6 heteroatoms. The molecule has 94 valence electrons. The number of nitrogens with two attached hydrogens (primary N) is 2. The summed E-state index contributed by atoms with van der Waals surface area (Å²) in [6.45, 7) is 0. The molecule has 0 atom stereocenters. The molecule has 1 aliphatic carbocycles. The first-order valence-corrected chi connectivity index (χ1v) is 8.02. The van der Waals surface area contributed by atoms with Crippen molar-refractivity contribution in [1.29, 1.82) is 0 Å². The van der Waals surface area contributed by atoms with E-state index in [0.717, 1.165) is 23.1 Å². The summed E-state index contributed by atoms with van der Waals surface area (Å²) in [6.07, 6.45) is 2.24. The number of aromatic amines is 1. The average Bonchev–Trinajstić information content (AvgIpc) is 3.02. The fraction of sp³-hybridized carbons (Fsp3) is 0.417. The summed E-state index contributed by atoms with van der Waals surface area (Å²) in [6, 6.07) is 2.21. The van der Waals surface area contributed by atoms with Crippen molar-refractivity contribution in [3.63, 3.8) is 0 Å². The van der Waals surface area contributed by atoms with E-state index in [2.05, 4.69) is 39.6 Å². The van der Waals surface area contributed by atoms with Crippen LogP contribution in [0.15, 0.2) is 6.07 Å². The van der Waals surface area contributed by atoms with Gasteiger partial charge in [0.15, 0.2) is 5.95 Å². The van der Waals surface area contributed by atoms with Crippen LogP contribution in [-0.4, -0.2) is 21.5 Å². The van der Waals surface area contributed by atoms with Crippen LogP contribution in [0.4, 0.5) is 11.6 Å². The lowest BCUT2D eigenvalue weighted by molar-refractivity contribution is 0.845. The zero-order chi connectivity index (χ0) is 12.3. The molecule has 0 amide bonds. The van der Waals surface area contributed by atoms with E-state index >= 15 is 0 Å². The molecule has 1 aromatic carbocycles. The molecule has 4 nitrogen and oxygen atoms in total. The summed E-state index contributed by atoms with van der Waals surface area (Å²) in [4.78, 5) is 7.39. The van der Waals surface area contributed by atoms with E-state index in [1.165, 1.54) is 29.1 Å². The van der Waals surface area contributed by atoms with Crippen LogP contribution >= 0.6 is 23.5 Å². The van der Waals surface area contributed by atoms with Gasteiger partial charge >= 0.3 is 0 Å². The Morgan fingerprint density at radius 2 is 2.06 bits per heavy atom. The molecule has 1 spiro atoms. The molecular weight excluding hydrogens is 264 g/mol. The van der Waals surface area contributed by atoms with Crippen molar-refractivity contribution in [2.24, 2.45) is 0 Å². The maximum atomic E-state index is 6.28. The van der Waals surface area contributed by atoms with Crippen molar-refractivity contribution in [3.05, 3.63) is 17.2 Å². The van der Waals surface area contributed by atoms with Crippen LogP contribution in [0, 0.1) is 0 Å². The second kappa shape index (κ2) is 3.51. The zero-order valence-corrected chi connectivity index (χ0v) is 11.5. The van der Waals surface area contributed by atoms with E-state index in [9.17, 15) is 0 Å². The predicted molar refractivity (Wildman–Crippen MR) is 79.8 cm³/mol. The summed E-state index contributed by atoms with van der Waals surface area (Å²) in [5.41, 5.74) is 17.3. The Labute approximate surface area is 113 Å². The number of hydrogen-bond donors (Lipinski definition) is 3. The van der Waals surface area contributed by atoms with Crippen LogP contribution in [0.3, 0.4) is 0 Å². The summed E-state index contributed by atoms with van der Waals surface area (Å²) < 4.78 is 0.234. The third kappa shape index (κ3) is 1.27. The molecule has 2 heterocycles. The Morgan fingerprint density at radius 1 is 1.28 bits per heavy atom. The molecule has 4 rings (SSSR count). The average molecular weight is 278 g/mol. The van der Waals surface area contributed by atoms with Crippen molar-refractivity contribution >= 4 is 46.2 Å². The van der Waals surface area contributed by atoms with Crippen molar-refractivity contribution in [2.45, 2.75) is 16.9 Å². The number of rotatable bonds is 0. The van der Waals surface area contributed by atoms with Crippen LogP contribution in [0.5, 0.6) is 0 Å². The maximum Gasteiger partial charge on any atom is 0.198 e. The molecule has 0 radical (unpaired) electrons. The van der Waals surface area contributed by atoms with Gasteiger partial charge in [-0.2, -0.15) is 0 Å². The SMILES string of the molecule is Nc1nc2c(N)c3c(cc2[nH]1)C1(CC3)SCCS1. The molecule has 1 saturated heterocycles. The third-order valence-corrected chi connectivity index (χ3v) is 7.38. The number of imidazole rings is 1. The maximum absolute atomic E-state index is 6.28. The Kier molecular flexibility index (Phi) is 2.12. The van der Waals surface area contributed by atoms with Gasteiger partial charge in [-0.25, -0.2) is 4.98 Å². The van der Waals surface area contributed by atoms with E-state index in [-0.39, 0.29) is 4.08 Å². The van der Waals surface area contributed by atoms with E-state index in [1.54, 1.807) is 0 Å². The van der Waals surface area contributed by atoms with Gasteiger partial charge in [0.25, 0.3) is 0 Å². The smallest absolute Gasteiger partial charge is 0.198 e. The molecule has 2 aromatic rings. The normalized spacial score (nSPS) is 20.9. The molecule has 2 aliphatic rings. The monoisotopic (exact) mass is 278 g/mol. The lowest BCUT2D eigenvalue weighted by Crippen LogP contribution is -2.09. The molecule has 1 aliphatic heterocycles. The minimum Gasteiger partial charge on any atom is -0.397 e. The number of anilines is 2. The fourth-order valence-corrected chi connectivity index (χ4v) is 6.35. The number of benzene rings is 1. The minimum absolute atomic E-state index is 0.234. The summed E-state index contributed by atoms with van der Waals surface area (Å²) in [5, 5.41) is 0. The number of thioether (sulfide) groups is 2. The highest BCUT2D eigenvalue weighted by Gasteiger charge is 2.44. The van der Waals surface area contributed by atoms with E-state index < -0.39 is 0 Å². The third-order valence-electron chi connectivity index (χ3n) is 3.81. The Balaban J connectivity index is 2.01. The summed E-state index contributed by atoms with van der Waals surface area (Å²) in [5.74, 6) is 2.90. The van der Waals surface area contributed by atoms with Gasteiger partial charge in [0.05, 0.1) is 15.3 Å². The lowest BCUT2D eigenvalue weighted by atomic mass is 10.1. The summed E-state index contributed by atoms with van der Waals surface area (Å²) in [7, 11) is 0. The Hall–Kier alpha value is -1.01. The highest BCUT2D eigenvalue weighted by molar-refractivity contribution is 8.20. The fourth-order valence-electron chi connectivity index (χ4n) is 3.02. The lowest BCUT2D eigenvalue weighted by Gasteiger charge is -2.22. The number of H-pyrrole nitrogens is 1. The molecule has 1 fully saturated rings. The van der Waals surface area contributed by atoms with Gasteiger partial charge in [-0.3, -0.25) is 0 Å². The van der Waals surface area contributed by atoms with Crippen LogP contribution in [0.25, 0.3) is 11.0 Å². The number of nitrogen functional groups attached to an aromatic ring is 2. The van der Waals surface area contributed by atoms with Crippen LogP contribution in [0.2, 0.25) is 0 Å². The minimum atomic E-state index is 0.234. The van der Waals surface area contributed by atoms with E-state index in [4.69, 9.17) is 11.5 Å². The van der Waals surface area contributed by atoms with Gasteiger partial charge in [-0.1, -0.05) is 0 Å². The standard InChI is InChI=1S/C12H14N4S2/c13-9-6-1-2-12(17-3-4-18-12)7(6)5-8-10(9)16-11(14)15-8/h5H,1-4,13H2,(H3,14,15,16). The van der Waals surface area contributed by atoms with Crippen LogP contribution < -0.4 is 11.5 Å². The number of nitrogens with one attached hydrogen (secondary N) is 1. The second-order valence-electron chi connectivity index (χ2n) is 4.78. The van der Waals surface area contributed by atoms with Crippen molar-refractivity contribution in [3.8, 4) is 0 Å². The molecule has 0 unspecified atom stereocenters. The number of nitrogens with zero attached hydrogens (tertiary/aromatic N) is 1. The predicted octanol–water partition coefficient (Wildman–Crippen LogP) is 2.31. The quantitative estimate of drug-likeness (QED) is 0.644. The Bertz CT molecular complexity index is 643. The highest BCUT2D eigenvalue weighted by Crippen LogP contribution is 2.60. The van der Waals surface area contributed by atoms with Crippen molar-refractivity contribution in [1.82, 2.24) is 9.97 Å². The molecule has 18 heavy (non-hydrogen) atoms. The van der Waals surface area contributed by atoms with E-state index in [1.807, 2.05) is 0 Å². The number of hydrogen-bond acceptors (Lipinski definition) is 5. The Morgan fingerprint density at radius 3 is 2.83 bits per heavy atom. The van der Waals surface area contributed by atoms with Gasteiger partial charge in [0.1, 0.15) is 5.52 Å². The first-order chi connectivity index (χ1) is 8.70. The van der Waals surface area contributed by atoms with Crippen molar-refractivity contribution < 1.29 is 0 Å². The first kappa shape index (κ1) is 10.9. The molecule has 0 saturated carbocycles. The second-order valence-corrected chi connectivity index (χ2v) is 7.83. The topological polar surface area (TPSA) is 80.7 Å². The molecular formula is C12H14N4S2. The molecule has 1 aromatic heterocycles.